The van der Waals surface area contributed by atoms with Crippen molar-refractivity contribution in [2.75, 3.05) is 18.5 Å². The largest absolute Gasteiger partial charge is 0.299 e. The van der Waals surface area contributed by atoms with Crippen molar-refractivity contribution >= 4 is 34.9 Å². The molecule has 0 unspecified atom stereocenters. The number of hydrogen-bond donors (Lipinski definition) is 1. The standard InChI is InChI=1S/C21H21ClN4/c1-23-25-21-13-19(24-20-12-17(22)8-9-18(20)21)16-6-4-15(5-7-16)14-26-10-2-3-11-26/h4-9,12-13H,1-3,10-11,14H2,(H,24,25). The van der Waals surface area contributed by atoms with Gasteiger partial charge in [0.2, 0.25) is 0 Å². The fourth-order valence-electron chi connectivity index (χ4n) is 3.51. The number of halogens is 1. The van der Waals surface area contributed by atoms with E-state index < -0.39 is 0 Å². The van der Waals surface area contributed by atoms with Crippen LogP contribution in [0.3, 0.4) is 0 Å². The van der Waals surface area contributed by atoms with E-state index in [0.29, 0.717) is 5.02 Å². The van der Waals surface area contributed by atoms with E-state index in [-0.39, 0.29) is 0 Å². The molecule has 1 aromatic heterocycles. The second-order valence-corrected chi connectivity index (χ2v) is 7.10. The number of likely N-dealkylation sites (tertiary alicyclic amines) is 1. The van der Waals surface area contributed by atoms with Crippen molar-refractivity contribution in [2.45, 2.75) is 19.4 Å². The van der Waals surface area contributed by atoms with Crippen LogP contribution in [0.2, 0.25) is 5.02 Å². The average molecular weight is 365 g/mol. The Labute approximate surface area is 158 Å². The van der Waals surface area contributed by atoms with Gasteiger partial charge in [0.05, 0.1) is 16.9 Å². The predicted octanol–water partition coefficient (Wildman–Crippen LogP) is 5.18. The lowest BCUT2D eigenvalue weighted by atomic mass is 10.1. The lowest BCUT2D eigenvalue weighted by Gasteiger charge is -2.15. The fourth-order valence-corrected chi connectivity index (χ4v) is 3.67. The van der Waals surface area contributed by atoms with E-state index in [0.717, 1.165) is 34.4 Å². The van der Waals surface area contributed by atoms with Gasteiger partial charge < -0.3 is 0 Å². The number of benzene rings is 2. The maximum Gasteiger partial charge on any atom is 0.0745 e. The van der Waals surface area contributed by atoms with Crippen LogP contribution in [0.5, 0.6) is 0 Å². The molecule has 1 aliphatic rings. The van der Waals surface area contributed by atoms with Gasteiger partial charge >= 0.3 is 0 Å². The monoisotopic (exact) mass is 364 g/mol. The van der Waals surface area contributed by atoms with Crippen molar-refractivity contribution in [1.29, 1.82) is 0 Å². The Hall–Kier alpha value is -2.43. The highest BCUT2D eigenvalue weighted by Crippen LogP contribution is 2.30. The molecule has 0 bridgehead atoms. The summed E-state index contributed by atoms with van der Waals surface area (Å²) in [5, 5.41) is 5.45. The molecule has 1 aliphatic heterocycles. The van der Waals surface area contributed by atoms with Crippen LogP contribution < -0.4 is 5.43 Å². The minimum atomic E-state index is 0.667. The van der Waals surface area contributed by atoms with E-state index in [1.807, 2.05) is 24.3 Å². The zero-order chi connectivity index (χ0) is 17.9. The molecule has 0 radical (unpaired) electrons. The molecular weight excluding hydrogens is 344 g/mol. The van der Waals surface area contributed by atoms with Gasteiger partial charge in [-0.2, -0.15) is 5.10 Å². The van der Waals surface area contributed by atoms with Crippen LogP contribution in [0.1, 0.15) is 18.4 Å². The highest BCUT2D eigenvalue weighted by molar-refractivity contribution is 6.31. The third-order valence-electron chi connectivity index (χ3n) is 4.83. The molecule has 0 atom stereocenters. The molecule has 1 fully saturated rings. The normalized spacial score (nSPS) is 14.7. The second kappa shape index (κ2) is 7.44. The molecule has 4 nitrogen and oxygen atoms in total. The fraction of sp³-hybridized carbons (Fsp3) is 0.238. The first-order valence-corrected chi connectivity index (χ1v) is 9.24. The molecule has 2 heterocycles. The molecule has 4 rings (SSSR count). The minimum Gasteiger partial charge on any atom is -0.299 e. The maximum atomic E-state index is 6.15. The summed E-state index contributed by atoms with van der Waals surface area (Å²) < 4.78 is 0. The second-order valence-electron chi connectivity index (χ2n) is 6.67. The van der Waals surface area contributed by atoms with Crippen LogP contribution in [0.25, 0.3) is 22.2 Å². The first-order chi connectivity index (χ1) is 12.7. The molecule has 1 N–H and O–H groups in total. The van der Waals surface area contributed by atoms with E-state index in [1.54, 1.807) is 0 Å². The van der Waals surface area contributed by atoms with Crippen molar-refractivity contribution in [3.05, 3.63) is 59.1 Å². The quantitative estimate of drug-likeness (QED) is 0.501. The maximum absolute atomic E-state index is 6.15. The summed E-state index contributed by atoms with van der Waals surface area (Å²) in [7, 11) is 0. The van der Waals surface area contributed by atoms with Gasteiger partial charge in [0.15, 0.2) is 0 Å². The number of fused-ring (bicyclic) bond motifs is 1. The Balaban J connectivity index is 1.67. The lowest BCUT2D eigenvalue weighted by molar-refractivity contribution is 0.331. The summed E-state index contributed by atoms with van der Waals surface area (Å²) >= 11 is 6.15. The van der Waals surface area contributed by atoms with Gasteiger partial charge in [-0.1, -0.05) is 35.9 Å². The topological polar surface area (TPSA) is 40.5 Å². The van der Waals surface area contributed by atoms with Crippen LogP contribution in [0.4, 0.5) is 5.69 Å². The Morgan fingerprint density at radius 2 is 1.85 bits per heavy atom. The molecule has 2 aromatic carbocycles. The first kappa shape index (κ1) is 17.0. The van der Waals surface area contributed by atoms with Crippen LogP contribution in [0.15, 0.2) is 53.6 Å². The summed E-state index contributed by atoms with van der Waals surface area (Å²) in [5.41, 5.74) is 7.97. The molecular formula is C21H21ClN4. The number of anilines is 1. The van der Waals surface area contributed by atoms with Gasteiger partial charge in [-0.05, 0) is 55.8 Å². The zero-order valence-electron chi connectivity index (χ0n) is 14.6. The Bertz CT molecular complexity index is 931. The summed E-state index contributed by atoms with van der Waals surface area (Å²) in [6.07, 6.45) is 2.63. The van der Waals surface area contributed by atoms with Gasteiger partial charge in [0, 0.05) is 29.2 Å². The predicted molar refractivity (Wildman–Crippen MR) is 110 cm³/mol. The van der Waals surface area contributed by atoms with Gasteiger partial charge in [-0.15, -0.1) is 0 Å². The zero-order valence-corrected chi connectivity index (χ0v) is 15.3. The number of hydrogen-bond acceptors (Lipinski definition) is 4. The molecule has 26 heavy (non-hydrogen) atoms. The van der Waals surface area contributed by atoms with Gasteiger partial charge in [0.25, 0.3) is 0 Å². The average Bonchev–Trinajstić information content (AvgIpc) is 3.15. The molecule has 3 aromatic rings. The Morgan fingerprint density at radius 3 is 2.58 bits per heavy atom. The van der Waals surface area contributed by atoms with Crippen molar-refractivity contribution in [3.8, 4) is 11.3 Å². The van der Waals surface area contributed by atoms with E-state index in [9.17, 15) is 0 Å². The van der Waals surface area contributed by atoms with E-state index in [2.05, 4.69) is 46.4 Å². The molecule has 0 saturated carbocycles. The van der Waals surface area contributed by atoms with Crippen LogP contribution in [-0.2, 0) is 6.54 Å². The smallest absolute Gasteiger partial charge is 0.0745 e. The summed E-state index contributed by atoms with van der Waals surface area (Å²) in [6.45, 7) is 6.97. The van der Waals surface area contributed by atoms with Crippen molar-refractivity contribution in [3.63, 3.8) is 0 Å². The number of aromatic nitrogens is 1. The number of rotatable bonds is 5. The highest BCUT2D eigenvalue weighted by Gasteiger charge is 2.12. The Morgan fingerprint density at radius 1 is 1.08 bits per heavy atom. The van der Waals surface area contributed by atoms with Crippen LogP contribution in [-0.4, -0.2) is 29.7 Å². The lowest BCUT2D eigenvalue weighted by Crippen LogP contribution is -2.18. The third-order valence-corrected chi connectivity index (χ3v) is 5.06. The van der Waals surface area contributed by atoms with E-state index in [1.165, 1.54) is 31.5 Å². The van der Waals surface area contributed by atoms with Crippen molar-refractivity contribution in [2.24, 2.45) is 5.10 Å². The SMILES string of the molecule is C=NNc1cc(-c2ccc(CN3CCCC3)cc2)nc2cc(Cl)ccc12. The number of nitrogens with one attached hydrogen (secondary N) is 1. The first-order valence-electron chi connectivity index (χ1n) is 8.87. The van der Waals surface area contributed by atoms with Gasteiger partial charge in [-0.25, -0.2) is 4.98 Å². The summed E-state index contributed by atoms with van der Waals surface area (Å²) in [4.78, 5) is 7.29. The van der Waals surface area contributed by atoms with Gasteiger partial charge in [0.1, 0.15) is 0 Å². The summed E-state index contributed by atoms with van der Waals surface area (Å²) in [5.74, 6) is 0. The number of nitrogens with zero attached hydrogens (tertiary/aromatic N) is 3. The number of pyridine rings is 1. The van der Waals surface area contributed by atoms with E-state index >= 15 is 0 Å². The van der Waals surface area contributed by atoms with Crippen molar-refractivity contribution < 1.29 is 0 Å². The van der Waals surface area contributed by atoms with Crippen LogP contribution in [0, 0.1) is 0 Å². The minimum absolute atomic E-state index is 0.667. The summed E-state index contributed by atoms with van der Waals surface area (Å²) in [6, 6.07) is 16.3. The Kier molecular flexibility index (Phi) is 4.87. The molecule has 0 spiro atoms. The van der Waals surface area contributed by atoms with Crippen LogP contribution >= 0.6 is 11.6 Å². The molecule has 0 amide bonds. The van der Waals surface area contributed by atoms with Crippen molar-refractivity contribution in [1.82, 2.24) is 9.88 Å². The molecule has 5 heteroatoms. The molecule has 1 saturated heterocycles. The highest BCUT2D eigenvalue weighted by atomic mass is 35.5. The molecule has 132 valence electrons. The number of hydrazone groups is 1. The molecule has 0 aliphatic carbocycles. The van der Waals surface area contributed by atoms with Gasteiger partial charge in [-0.3, -0.25) is 10.3 Å². The van der Waals surface area contributed by atoms with E-state index in [4.69, 9.17) is 16.6 Å². The third kappa shape index (κ3) is 3.57.